The Morgan fingerprint density at radius 1 is 1.26 bits per heavy atom. The molecule has 0 spiro atoms. The van der Waals surface area contributed by atoms with Crippen LogP contribution in [0.1, 0.15) is 24.8 Å². The van der Waals surface area contributed by atoms with Crippen LogP contribution in [0.15, 0.2) is 49.1 Å². The van der Waals surface area contributed by atoms with E-state index in [-0.39, 0.29) is 0 Å². The van der Waals surface area contributed by atoms with Gasteiger partial charge in [0.15, 0.2) is 11.5 Å². The number of piperidine rings is 1. The molecule has 7 heteroatoms. The van der Waals surface area contributed by atoms with Gasteiger partial charge < -0.3 is 15.0 Å². The maximum atomic E-state index is 12.2. The molecule has 1 aliphatic rings. The average Bonchev–Trinajstić information content (AvgIpc) is 3.18. The van der Waals surface area contributed by atoms with E-state index in [2.05, 4.69) is 19.9 Å². The van der Waals surface area contributed by atoms with Gasteiger partial charge in [0.05, 0.1) is 11.7 Å². The molecule has 0 unspecified atom stereocenters. The van der Waals surface area contributed by atoms with Gasteiger partial charge in [-0.05, 0) is 24.8 Å². The number of allylic oxidation sites excluding steroid dienone is 1. The normalized spacial score (nSPS) is 20.4. The number of aromatic nitrogens is 4. The molecule has 1 aromatic carbocycles. The van der Waals surface area contributed by atoms with E-state index < -0.39 is 11.4 Å². The smallest absolute Gasteiger partial charge is 0.311 e. The van der Waals surface area contributed by atoms with Gasteiger partial charge in [-0.25, -0.2) is 15.0 Å². The Labute approximate surface area is 156 Å². The number of nitrogens with one attached hydrogen (secondary N) is 1. The molecule has 1 saturated heterocycles. The molecule has 0 amide bonds. The quantitative estimate of drug-likeness (QED) is 0.723. The zero-order valence-electron chi connectivity index (χ0n) is 14.9. The van der Waals surface area contributed by atoms with E-state index in [0.717, 1.165) is 29.9 Å². The second kappa shape index (κ2) is 7.19. The van der Waals surface area contributed by atoms with Crippen LogP contribution in [-0.4, -0.2) is 44.1 Å². The predicted octanol–water partition coefficient (Wildman–Crippen LogP) is 3.13. The lowest BCUT2D eigenvalue weighted by Gasteiger charge is -2.40. The average molecular weight is 363 g/mol. The van der Waals surface area contributed by atoms with E-state index in [0.29, 0.717) is 25.0 Å². The van der Waals surface area contributed by atoms with Crippen molar-refractivity contribution in [2.75, 3.05) is 18.0 Å². The first-order valence-electron chi connectivity index (χ1n) is 9.02. The largest absolute Gasteiger partial charge is 0.481 e. The van der Waals surface area contributed by atoms with Crippen LogP contribution < -0.4 is 4.90 Å². The lowest BCUT2D eigenvalue weighted by Crippen LogP contribution is -2.48. The van der Waals surface area contributed by atoms with E-state index >= 15 is 0 Å². The van der Waals surface area contributed by atoms with Crippen molar-refractivity contribution in [2.24, 2.45) is 5.41 Å². The van der Waals surface area contributed by atoms with Gasteiger partial charge in [0.25, 0.3) is 0 Å². The third kappa shape index (κ3) is 3.40. The van der Waals surface area contributed by atoms with Gasteiger partial charge in [0.1, 0.15) is 11.8 Å². The van der Waals surface area contributed by atoms with Gasteiger partial charge in [-0.3, -0.25) is 4.79 Å². The van der Waals surface area contributed by atoms with Crippen LogP contribution in [0, 0.1) is 5.41 Å². The molecule has 1 aliphatic heterocycles. The minimum Gasteiger partial charge on any atom is -0.481 e. The Morgan fingerprint density at radius 2 is 2.11 bits per heavy atom. The summed E-state index contributed by atoms with van der Waals surface area (Å²) in [4.78, 5) is 30.0. The zero-order valence-corrected chi connectivity index (χ0v) is 14.9. The van der Waals surface area contributed by atoms with Crippen LogP contribution in [-0.2, 0) is 4.79 Å². The Kier molecular flexibility index (Phi) is 4.58. The number of hydrogen-bond donors (Lipinski definition) is 2. The first-order chi connectivity index (χ1) is 13.2. The van der Waals surface area contributed by atoms with Crippen molar-refractivity contribution in [3.05, 3.63) is 54.6 Å². The fraction of sp³-hybridized carbons (Fsp3) is 0.300. The van der Waals surface area contributed by atoms with Crippen LogP contribution in [0.3, 0.4) is 0 Å². The second-order valence-corrected chi connectivity index (χ2v) is 6.93. The van der Waals surface area contributed by atoms with Gasteiger partial charge in [-0.1, -0.05) is 42.5 Å². The Balaban J connectivity index is 1.58. The number of aromatic amines is 1. The SMILES string of the molecule is O=C(O)[C@]1(C/C=C/c2ccccc2)CCCN(c2ncnc3nc[nH]c23)C1. The van der Waals surface area contributed by atoms with Crippen molar-refractivity contribution in [3.63, 3.8) is 0 Å². The van der Waals surface area contributed by atoms with Crippen LogP contribution in [0.4, 0.5) is 5.82 Å². The molecule has 4 rings (SSSR count). The molecule has 0 radical (unpaired) electrons. The van der Waals surface area contributed by atoms with Crippen LogP contribution in [0.2, 0.25) is 0 Å². The number of aliphatic carboxylic acids is 1. The van der Waals surface area contributed by atoms with Crippen molar-refractivity contribution < 1.29 is 9.90 Å². The molecule has 7 nitrogen and oxygen atoms in total. The number of carboxylic acids is 1. The van der Waals surface area contributed by atoms with Gasteiger partial charge >= 0.3 is 5.97 Å². The Morgan fingerprint density at radius 3 is 2.93 bits per heavy atom. The number of carbonyl (C=O) groups is 1. The molecule has 27 heavy (non-hydrogen) atoms. The lowest BCUT2D eigenvalue weighted by molar-refractivity contribution is -0.149. The van der Waals surface area contributed by atoms with Gasteiger partial charge in [0.2, 0.25) is 0 Å². The fourth-order valence-corrected chi connectivity index (χ4v) is 3.72. The molecule has 3 aromatic rings. The highest BCUT2D eigenvalue weighted by Gasteiger charge is 2.42. The summed E-state index contributed by atoms with van der Waals surface area (Å²) in [7, 11) is 0. The monoisotopic (exact) mass is 363 g/mol. The number of benzene rings is 1. The summed E-state index contributed by atoms with van der Waals surface area (Å²) in [5, 5.41) is 10.0. The molecule has 3 heterocycles. The molecular formula is C20H21N5O2. The molecule has 1 atom stereocenters. The van der Waals surface area contributed by atoms with Crippen LogP contribution in [0.25, 0.3) is 17.2 Å². The summed E-state index contributed by atoms with van der Waals surface area (Å²) >= 11 is 0. The van der Waals surface area contributed by atoms with Gasteiger partial charge in [-0.15, -0.1) is 0 Å². The minimum atomic E-state index is -0.833. The first kappa shape index (κ1) is 17.2. The highest BCUT2D eigenvalue weighted by molar-refractivity contribution is 5.84. The van der Waals surface area contributed by atoms with Crippen molar-refractivity contribution >= 4 is 29.0 Å². The van der Waals surface area contributed by atoms with Gasteiger partial charge in [-0.2, -0.15) is 0 Å². The molecule has 2 N–H and O–H groups in total. The van der Waals surface area contributed by atoms with E-state index in [9.17, 15) is 9.90 Å². The standard InChI is InChI=1S/C20H21N5O2/c26-19(27)20(9-4-8-15-6-2-1-3-7-15)10-5-11-25(12-20)18-16-17(22-13-21-16)23-14-24-18/h1-4,6-8,13-14H,5,9-12H2,(H,26,27)(H,21,22,23,24)/b8-4+/t20-/m1/s1. The van der Waals surface area contributed by atoms with Crippen LogP contribution in [0.5, 0.6) is 0 Å². The third-order valence-corrected chi connectivity index (χ3v) is 5.15. The van der Waals surface area contributed by atoms with Crippen molar-refractivity contribution in [3.8, 4) is 0 Å². The molecule has 0 bridgehead atoms. The number of imidazole rings is 1. The number of rotatable bonds is 5. The van der Waals surface area contributed by atoms with Crippen molar-refractivity contribution in [2.45, 2.75) is 19.3 Å². The molecule has 0 aliphatic carbocycles. The number of nitrogens with zero attached hydrogens (tertiary/aromatic N) is 4. The van der Waals surface area contributed by atoms with E-state index in [4.69, 9.17) is 0 Å². The highest BCUT2D eigenvalue weighted by atomic mass is 16.4. The summed E-state index contributed by atoms with van der Waals surface area (Å²) in [5.74, 6) is -0.0466. The van der Waals surface area contributed by atoms with E-state index in [1.165, 1.54) is 6.33 Å². The van der Waals surface area contributed by atoms with Gasteiger partial charge in [0, 0.05) is 13.1 Å². The minimum absolute atomic E-state index is 0.409. The summed E-state index contributed by atoms with van der Waals surface area (Å²) < 4.78 is 0. The number of H-pyrrole nitrogens is 1. The summed E-state index contributed by atoms with van der Waals surface area (Å²) in [6.45, 7) is 1.18. The fourth-order valence-electron chi connectivity index (χ4n) is 3.72. The molecule has 1 fully saturated rings. The van der Waals surface area contributed by atoms with Crippen molar-refractivity contribution in [1.82, 2.24) is 19.9 Å². The molecule has 138 valence electrons. The molecule has 0 saturated carbocycles. The highest BCUT2D eigenvalue weighted by Crippen LogP contribution is 2.37. The van der Waals surface area contributed by atoms with Crippen molar-refractivity contribution in [1.29, 1.82) is 0 Å². The topological polar surface area (TPSA) is 95.0 Å². The number of carboxylic acid groups (broad SMARTS) is 1. The van der Waals surface area contributed by atoms with E-state index in [1.54, 1.807) is 6.33 Å². The summed E-state index contributed by atoms with van der Waals surface area (Å²) in [6.07, 6.45) is 8.94. The number of hydrogen-bond acceptors (Lipinski definition) is 5. The number of fused-ring (bicyclic) bond motifs is 1. The predicted molar refractivity (Wildman–Crippen MR) is 103 cm³/mol. The maximum absolute atomic E-state index is 12.2. The Hall–Kier alpha value is -3.22. The van der Waals surface area contributed by atoms with E-state index in [1.807, 2.05) is 47.4 Å². The maximum Gasteiger partial charge on any atom is 0.311 e. The summed E-state index contributed by atoms with van der Waals surface area (Å²) in [6, 6.07) is 9.92. The third-order valence-electron chi connectivity index (χ3n) is 5.15. The summed E-state index contributed by atoms with van der Waals surface area (Å²) in [5.41, 5.74) is 1.58. The molecular weight excluding hydrogens is 342 g/mol. The first-order valence-corrected chi connectivity index (χ1v) is 9.02. The lowest BCUT2D eigenvalue weighted by atomic mass is 9.77. The second-order valence-electron chi connectivity index (χ2n) is 6.93. The zero-order chi connectivity index (χ0) is 18.7. The van der Waals surface area contributed by atoms with Crippen LogP contribution >= 0.6 is 0 Å². The molecule has 2 aromatic heterocycles. The number of anilines is 1. The Bertz CT molecular complexity index is 969.